The molecule has 0 N–H and O–H groups in total. The molecule has 4 rings (SSSR count). The highest BCUT2D eigenvalue weighted by Gasteiger charge is 2.10. The minimum Gasteiger partial charge on any atom is -0.459 e. The molecule has 2 aromatic heterocycles. The van der Waals surface area contributed by atoms with Crippen LogP contribution in [0.5, 0.6) is 0 Å². The second-order valence-electron chi connectivity index (χ2n) is 6.04. The van der Waals surface area contributed by atoms with E-state index in [1.54, 1.807) is 11.4 Å². The van der Waals surface area contributed by atoms with E-state index in [0.29, 0.717) is 10.2 Å². The van der Waals surface area contributed by atoms with Gasteiger partial charge in [0.1, 0.15) is 18.0 Å². The predicted molar refractivity (Wildman–Crippen MR) is 106 cm³/mol. The zero-order valence-corrected chi connectivity index (χ0v) is 15.2. The first-order valence-corrected chi connectivity index (χ1v) is 9.31. The third kappa shape index (κ3) is 3.80. The summed E-state index contributed by atoms with van der Waals surface area (Å²) in [6, 6.07) is 19.6. The molecule has 0 aliphatic rings. The molecule has 0 aliphatic heterocycles. The van der Waals surface area contributed by atoms with Crippen LogP contribution in [-0.2, 0) is 22.7 Å². The number of aromatic nitrogens is 2. The van der Waals surface area contributed by atoms with Gasteiger partial charge in [0, 0.05) is 0 Å². The van der Waals surface area contributed by atoms with E-state index >= 15 is 0 Å². The molecule has 2 aromatic carbocycles. The SMILES string of the molecule is O=C(Cn1cnc2sccc2c1=O)OCc1ccc(-c2ccccc2)cc1. The number of fused-ring (bicyclic) bond motifs is 1. The second-order valence-corrected chi connectivity index (χ2v) is 6.94. The van der Waals surface area contributed by atoms with Crippen molar-refractivity contribution in [3.05, 3.63) is 88.3 Å². The molecule has 2 heterocycles. The van der Waals surface area contributed by atoms with Crippen LogP contribution in [-0.4, -0.2) is 15.5 Å². The van der Waals surface area contributed by atoms with E-state index in [1.807, 2.05) is 54.6 Å². The Morgan fingerprint density at radius 2 is 1.74 bits per heavy atom. The van der Waals surface area contributed by atoms with Crippen LogP contribution in [0.1, 0.15) is 5.56 Å². The van der Waals surface area contributed by atoms with E-state index < -0.39 is 5.97 Å². The number of nitrogens with zero attached hydrogens (tertiary/aromatic N) is 2. The quantitative estimate of drug-likeness (QED) is 0.496. The first kappa shape index (κ1) is 17.2. The van der Waals surface area contributed by atoms with Crippen LogP contribution in [0, 0.1) is 0 Å². The predicted octanol–water partition coefficient (Wildman–Crippen LogP) is 3.87. The summed E-state index contributed by atoms with van der Waals surface area (Å²) < 4.78 is 6.58. The van der Waals surface area contributed by atoms with E-state index in [-0.39, 0.29) is 18.7 Å². The Labute approximate surface area is 159 Å². The largest absolute Gasteiger partial charge is 0.459 e. The molecule has 0 aliphatic carbocycles. The molecule has 0 saturated carbocycles. The van der Waals surface area contributed by atoms with Gasteiger partial charge in [0.2, 0.25) is 0 Å². The summed E-state index contributed by atoms with van der Waals surface area (Å²) in [6.45, 7) is 0.0104. The monoisotopic (exact) mass is 376 g/mol. The summed E-state index contributed by atoms with van der Waals surface area (Å²) in [4.78, 5) is 29.2. The number of hydrogen-bond acceptors (Lipinski definition) is 5. The highest BCUT2D eigenvalue weighted by Crippen LogP contribution is 2.19. The van der Waals surface area contributed by atoms with E-state index in [1.165, 1.54) is 22.2 Å². The van der Waals surface area contributed by atoms with Crippen molar-refractivity contribution in [1.82, 2.24) is 9.55 Å². The van der Waals surface area contributed by atoms with Gasteiger partial charge in [0.15, 0.2) is 0 Å². The number of ether oxygens (including phenoxy) is 1. The lowest BCUT2D eigenvalue weighted by atomic mass is 10.0. The average molecular weight is 376 g/mol. The molecule has 0 spiro atoms. The Hall–Kier alpha value is -3.25. The zero-order chi connectivity index (χ0) is 18.6. The average Bonchev–Trinajstić information content (AvgIpc) is 3.19. The second kappa shape index (κ2) is 7.55. The third-order valence-electron chi connectivity index (χ3n) is 4.21. The minimum absolute atomic E-state index is 0.153. The number of carbonyl (C=O) groups excluding carboxylic acids is 1. The fourth-order valence-electron chi connectivity index (χ4n) is 2.78. The summed E-state index contributed by atoms with van der Waals surface area (Å²) in [7, 11) is 0. The van der Waals surface area contributed by atoms with Crippen molar-refractivity contribution in [3.8, 4) is 11.1 Å². The molecule has 27 heavy (non-hydrogen) atoms. The number of rotatable bonds is 5. The molecule has 0 radical (unpaired) electrons. The number of carbonyl (C=O) groups is 1. The van der Waals surface area contributed by atoms with Crippen molar-refractivity contribution in [1.29, 1.82) is 0 Å². The van der Waals surface area contributed by atoms with Gasteiger partial charge in [-0.15, -0.1) is 11.3 Å². The van der Waals surface area contributed by atoms with Crippen molar-refractivity contribution in [2.45, 2.75) is 13.2 Å². The minimum atomic E-state index is -0.472. The fourth-order valence-corrected chi connectivity index (χ4v) is 3.50. The van der Waals surface area contributed by atoms with Gasteiger partial charge in [-0.05, 0) is 28.1 Å². The Kier molecular flexibility index (Phi) is 4.80. The number of benzene rings is 2. The molecular weight excluding hydrogens is 360 g/mol. The topological polar surface area (TPSA) is 61.2 Å². The maximum absolute atomic E-state index is 12.3. The molecule has 0 fully saturated rings. The molecular formula is C21H16N2O3S. The van der Waals surface area contributed by atoms with Gasteiger partial charge >= 0.3 is 5.97 Å². The van der Waals surface area contributed by atoms with Gasteiger partial charge < -0.3 is 4.74 Å². The Morgan fingerprint density at radius 3 is 2.52 bits per heavy atom. The summed E-state index contributed by atoms with van der Waals surface area (Å²) in [5.74, 6) is -0.472. The molecule has 134 valence electrons. The van der Waals surface area contributed by atoms with E-state index in [0.717, 1.165) is 16.7 Å². The van der Waals surface area contributed by atoms with Gasteiger partial charge in [-0.2, -0.15) is 0 Å². The van der Waals surface area contributed by atoms with Crippen LogP contribution in [0.4, 0.5) is 0 Å². The Balaban J connectivity index is 1.39. The molecule has 0 bridgehead atoms. The highest BCUT2D eigenvalue weighted by atomic mass is 32.1. The van der Waals surface area contributed by atoms with Crippen LogP contribution < -0.4 is 5.56 Å². The zero-order valence-electron chi connectivity index (χ0n) is 14.4. The molecule has 0 saturated heterocycles. The van der Waals surface area contributed by atoms with Gasteiger partial charge in [0.25, 0.3) is 5.56 Å². The molecule has 4 aromatic rings. The number of esters is 1. The van der Waals surface area contributed by atoms with Crippen molar-refractivity contribution >= 4 is 27.5 Å². The summed E-state index contributed by atoms with van der Waals surface area (Å²) in [5.41, 5.74) is 2.90. The lowest BCUT2D eigenvalue weighted by molar-refractivity contribution is -0.145. The number of thiophene rings is 1. The van der Waals surface area contributed by atoms with Crippen LogP contribution in [0.15, 0.2) is 77.2 Å². The molecule has 0 atom stereocenters. The van der Waals surface area contributed by atoms with Crippen LogP contribution in [0.3, 0.4) is 0 Å². The Morgan fingerprint density at radius 1 is 1.00 bits per heavy atom. The standard InChI is InChI=1S/C21H16N2O3S/c24-19(12-23-14-22-20-18(21(23)25)10-11-27-20)26-13-15-6-8-17(9-7-15)16-4-2-1-3-5-16/h1-11,14H,12-13H2. The third-order valence-corrected chi connectivity index (χ3v) is 5.03. The maximum atomic E-state index is 12.3. The first-order valence-electron chi connectivity index (χ1n) is 8.43. The van der Waals surface area contributed by atoms with Crippen LogP contribution in [0.2, 0.25) is 0 Å². The van der Waals surface area contributed by atoms with E-state index in [4.69, 9.17) is 4.74 Å². The van der Waals surface area contributed by atoms with Gasteiger partial charge in [-0.25, -0.2) is 4.98 Å². The Bertz CT molecular complexity index is 1130. The summed E-state index contributed by atoms with van der Waals surface area (Å²) in [5, 5.41) is 2.33. The van der Waals surface area contributed by atoms with Gasteiger partial charge in [0.05, 0.1) is 11.7 Å². The highest BCUT2D eigenvalue weighted by molar-refractivity contribution is 7.16. The normalized spacial score (nSPS) is 10.8. The van der Waals surface area contributed by atoms with Gasteiger partial charge in [-0.1, -0.05) is 54.6 Å². The molecule has 0 amide bonds. The van der Waals surface area contributed by atoms with Crippen molar-refractivity contribution in [3.63, 3.8) is 0 Å². The van der Waals surface area contributed by atoms with Gasteiger partial charge in [-0.3, -0.25) is 14.2 Å². The fraction of sp³-hybridized carbons (Fsp3) is 0.0952. The van der Waals surface area contributed by atoms with Crippen molar-refractivity contribution in [2.75, 3.05) is 0 Å². The molecule has 6 heteroatoms. The molecule has 5 nitrogen and oxygen atoms in total. The van der Waals surface area contributed by atoms with E-state index in [9.17, 15) is 9.59 Å². The summed E-state index contributed by atoms with van der Waals surface area (Å²) in [6.07, 6.45) is 1.39. The smallest absolute Gasteiger partial charge is 0.326 e. The lowest BCUT2D eigenvalue weighted by Crippen LogP contribution is -2.25. The van der Waals surface area contributed by atoms with Crippen molar-refractivity contribution in [2.24, 2.45) is 0 Å². The van der Waals surface area contributed by atoms with Crippen LogP contribution in [0.25, 0.3) is 21.3 Å². The van der Waals surface area contributed by atoms with Crippen molar-refractivity contribution < 1.29 is 9.53 Å². The summed E-state index contributed by atoms with van der Waals surface area (Å²) >= 11 is 1.40. The first-order chi connectivity index (χ1) is 13.2. The van der Waals surface area contributed by atoms with Crippen LogP contribution >= 0.6 is 11.3 Å². The number of hydrogen-bond donors (Lipinski definition) is 0. The molecule has 0 unspecified atom stereocenters. The maximum Gasteiger partial charge on any atom is 0.326 e. The lowest BCUT2D eigenvalue weighted by Gasteiger charge is -2.08. The van der Waals surface area contributed by atoms with E-state index in [2.05, 4.69) is 4.98 Å².